The molecule has 1 aromatic rings. The Hall–Kier alpha value is -1.62. The van der Waals surface area contributed by atoms with E-state index in [9.17, 15) is 13.2 Å². The smallest absolute Gasteiger partial charge is 0.338 e. The fraction of sp³-hybridized carbons (Fsp3) is 0.182. The molecule has 0 atom stereocenters. The minimum absolute atomic E-state index is 0.183. The summed E-state index contributed by atoms with van der Waals surface area (Å²) in [5.41, 5.74) is 0.284. The third-order valence-corrected chi connectivity index (χ3v) is 2.94. The highest BCUT2D eigenvalue weighted by Gasteiger charge is 2.08. The van der Waals surface area contributed by atoms with Crippen LogP contribution in [0.3, 0.4) is 0 Å². The molecular weight excluding hydrogens is 228 g/mol. The maximum absolute atomic E-state index is 11.2. The summed E-state index contributed by atoms with van der Waals surface area (Å²) in [5, 5.41) is 0. The van der Waals surface area contributed by atoms with Gasteiger partial charge >= 0.3 is 5.97 Å². The van der Waals surface area contributed by atoms with E-state index < -0.39 is 15.8 Å². The van der Waals surface area contributed by atoms with Crippen molar-refractivity contribution in [2.45, 2.75) is 11.8 Å². The van der Waals surface area contributed by atoms with Crippen LogP contribution in [0.15, 0.2) is 41.3 Å². The molecule has 16 heavy (non-hydrogen) atoms. The standard InChI is InChI=1S/C11H12O4S/c1-8(2)11(12)15-9-4-6-10(7-5-9)16(3,13)14/h4-7H,1H2,2-3H3. The van der Waals surface area contributed by atoms with Gasteiger partial charge in [0.25, 0.3) is 0 Å². The average Bonchev–Trinajstić information content (AvgIpc) is 2.17. The van der Waals surface area contributed by atoms with Crippen molar-refractivity contribution < 1.29 is 17.9 Å². The Morgan fingerprint density at radius 3 is 2.12 bits per heavy atom. The highest BCUT2D eigenvalue weighted by molar-refractivity contribution is 7.90. The van der Waals surface area contributed by atoms with Crippen LogP contribution in [0, 0.1) is 0 Å². The van der Waals surface area contributed by atoms with Crippen LogP contribution in [0.25, 0.3) is 0 Å². The summed E-state index contributed by atoms with van der Waals surface area (Å²) in [5.74, 6) is -0.243. The number of carbonyl (C=O) groups excluding carboxylic acids is 1. The van der Waals surface area contributed by atoms with E-state index in [0.717, 1.165) is 6.26 Å². The third kappa shape index (κ3) is 3.20. The van der Waals surface area contributed by atoms with Gasteiger partial charge in [0.2, 0.25) is 0 Å². The van der Waals surface area contributed by atoms with E-state index in [1.54, 1.807) is 0 Å². The molecule has 0 fully saturated rings. The van der Waals surface area contributed by atoms with Crippen molar-refractivity contribution in [1.82, 2.24) is 0 Å². The molecule has 0 bridgehead atoms. The first-order valence-electron chi connectivity index (χ1n) is 4.48. The lowest BCUT2D eigenvalue weighted by molar-refractivity contribution is -0.130. The predicted molar refractivity (Wildman–Crippen MR) is 60.0 cm³/mol. The number of hydrogen-bond donors (Lipinski definition) is 0. The molecule has 1 rings (SSSR count). The van der Waals surface area contributed by atoms with Crippen molar-refractivity contribution >= 4 is 15.8 Å². The van der Waals surface area contributed by atoms with E-state index in [0.29, 0.717) is 5.75 Å². The molecule has 0 spiro atoms. The van der Waals surface area contributed by atoms with Crippen LogP contribution >= 0.6 is 0 Å². The van der Waals surface area contributed by atoms with Crippen molar-refractivity contribution in [2.24, 2.45) is 0 Å². The van der Waals surface area contributed by atoms with Gasteiger partial charge in [0.05, 0.1) is 4.90 Å². The minimum Gasteiger partial charge on any atom is -0.423 e. The molecule has 0 heterocycles. The zero-order chi connectivity index (χ0) is 12.3. The maximum Gasteiger partial charge on any atom is 0.338 e. The molecule has 0 radical (unpaired) electrons. The number of benzene rings is 1. The third-order valence-electron chi connectivity index (χ3n) is 1.81. The number of sulfone groups is 1. The molecule has 0 unspecified atom stereocenters. The van der Waals surface area contributed by atoms with E-state index in [-0.39, 0.29) is 10.5 Å². The van der Waals surface area contributed by atoms with Gasteiger partial charge in [-0.05, 0) is 31.2 Å². The Morgan fingerprint density at radius 2 is 1.75 bits per heavy atom. The predicted octanol–water partition coefficient (Wildman–Crippen LogP) is 1.57. The van der Waals surface area contributed by atoms with E-state index in [1.165, 1.54) is 31.2 Å². The molecule has 0 aliphatic heterocycles. The second-order valence-electron chi connectivity index (χ2n) is 3.41. The SMILES string of the molecule is C=C(C)C(=O)Oc1ccc(S(C)(=O)=O)cc1. The molecule has 5 heteroatoms. The zero-order valence-corrected chi connectivity index (χ0v) is 9.87. The van der Waals surface area contributed by atoms with Gasteiger partial charge in [0.15, 0.2) is 9.84 Å². The number of rotatable bonds is 3. The first kappa shape index (κ1) is 12.4. The lowest BCUT2D eigenvalue weighted by Crippen LogP contribution is -2.08. The number of esters is 1. The van der Waals surface area contributed by atoms with Gasteiger partial charge in [-0.15, -0.1) is 0 Å². The quantitative estimate of drug-likeness (QED) is 0.457. The largest absolute Gasteiger partial charge is 0.423 e. The topological polar surface area (TPSA) is 60.4 Å². The summed E-state index contributed by atoms with van der Waals surface area (Å²) >= 11 is 0. The van der Waals surface area contributed by atoms with Crippen molar-refractivity contribution in [3.63, 3.8) is 0 Å². The normalized spacial score (nSPS) is 10.9. The Balaban J connectivity index is 2.88. The minimum atomic E-state index is -3.22. The van der Waals surface area contributed by atoms with E-state index in [4.69, 9.17) is 4.74 Å². The van der Waals surface area contributed by atoms with Crippen molar-refractivity contribution in [3.8, 4) is 5.75 Å². The lowest BCUT2D eigenvalue weighted by atomic mass is 10.3. The fourth-order valence-electron chi connectivity index (χ4n) is 0.949. The number of carbonyl (C=O) groups is 1. The van der Waals surface area contributed by atoms with E-state index in [1.807, 2.05) is 0 Å². The molecule has 0 saturated carbocycles. The molecule has 86 valence electrons. The molecule has 1 aromatic carbocycles. The molecule has 0 aliphatic rings. The van der Waals surface area contributed by atoms with Gasteiger partial charge in [-0.1, -0.05) is 6.58 Å². The zero-order valence-electron chi connectivity index (χ0n) is 9.06. The highest BCUT2D eigenvalue weighted by atomic mass is 32.2. The van der Waals surface area contributed by atoms with Crippen molar-refractivity contribution in [1.29, 1.82) is 0 Å². The summed E-state index contributed by atoms with van der Waals surface area (Å²) in [6.07, 6.45) is 1.11. The van der Waals surface area contributed by atoms with Crippen molar-refractivity contribution in [2.75, 3.05) is 6.26 Å². The number of ether oxygens (including phenoxy) is 1. The molecule has 0 aromatic heterocycles. The second-order valence-corrected chi connectivity index (χ2v) is 5.43. The molecular formula is C11H12O4S. The maximum atomic E-state index is 11.2. The Bertz CT molecular complexity index is 511. The van der Waals surface area contributed by atoms with Crippen LogP contribution in [-0.4, -0.2) is 20.6 Å². The fourth-order valence-corrected chi connectivity index (χ4v) is 1.58. The van der Waals surface area contributed by atoms with Crippen LogP contribution in [-0.2, 0) is 14.6 Å². The van der Waals surface area contributed by atoms with E-state index >= 15 is 0 Å². The first-order valence-corrected chi connectivity index (χ1v) is 6.37. The van der Waals surface area contributed by atoms with Crippen LogP contribution in [0.5, 0.6) is 5.75 Å². The Kier molecular flexibility index (Phi) is 3.49. The number of hydrogen-bond acceptors (Lipinski definition) is 4. The molecule has 0 saturated heterocycles. The van der Waals surface area contributed by atoms with Gasteiger partial charge < -0.3 is 4.74 Å². The van der Waals surface area contributed by atoms with Crippen LogP contribution < -0.4 is 4.74 Å². The first-order chi connectivity index (χ1) is 7.30. The average molecular weight is 240 g/mol. The highest BCUT2D eigenvalue weighted by Crippen LogP contribution is 2.16. The second kappa shape index (κ2) is 4.49. The summed E-state index contributed by atoms with van der Waals surface area (Å²) < 4.78 is 27.2. The van der Waals surface area contributed by atoms with Gasteiger partial charge in [-0.2, -0.15) is 0 Å². The summed E-state index contributed by atoms with van der Waals surface area (Å²) in [7, 11) is -3.22. The Morgan fingerprint density at radius 1 is 1.25 bits per heavy atom. The molecule has 0 aliphatic carbocycles. The summed E-state index contributed by atoms with van der Waals surface area (Å²) in [4.78, 5) is 11.3. The molecule has 0 N–H and O–H groups in total. The summed E-state index contributed by atoms with van der Waals surface area (Å²) in [6.45, 7) is 4.97. The van der Waals surface area contributed by atoms with Gasteiger partial charge in [0, 0.05) is 11.8 Å². The van der Waals surface area contributed by atoms with Crippen molar-refractivity contribution in [3.05, 3.63) is 36.4 Å². The van der Waals surface area contributed by atoms with Crippen LogP contribution in [0.1, 0.15) is 6.92 Å². The Labute approximate surface area is 94.5 Å². The molecule has 0 amide bonds. The lowest BCUT2D eigenvalue weighted by Gasteiger charge is -2.04. The monoisotopic (exact) mass is 240 g/mol. The summed E-state index contributed by atoms with van der Waals surface area (Å²) in [6, 6.07) is 5.63. The van der Waals surface area contributed by atoms with Gasteiger partial charge in [-0.3, -0.25) is 0 Å². The van der Waals surface area contributed by atoms with Gasteiger partial charge in [-0.25, -0.2) is 13.2 Å². The van der Waals surface area contributed by atoms with Crippen LogP contribution in [0.4, 0.5) is 0 Å². The van der Waals surface area contributed by atoms with E-state index in [2.05, 4.69) is 6.58 Å². The molecule has 4 nitrogen and oxygen atoms in total. The van der Waals surface area contributed by atoms with Crippen LogP contribution in [0.2, 0.25) is 0 Å². The van der Waals surface area contributed by atoms with Gasteiger partial charge in [0.1, 0.15) is 5.75 Å².